The van der Waals surface area contributed by atoms with Crippen molar-refractivity contribution in [2.45, 2.75) is 13.3 Å². The minimum atomic E-state index is 0.952. The van der Waals surface area contributed by atoms with Gasteiger partial charge in [0.2, 0.25) is 0 Å². The number of aryl methyl sites for hydroxylation is 1. The van der Waals surface area contributed by atoms with Gasteiger partial charge in [-0.05, 0) is 6.42 Å². The molecule has 0 radical (unpaired) electrons. The first-order valence-electron chi connectivity index (χ1n) is 4.40. The average molecular weight is 173 g/mol. The summed E-state index contributed by atoms with van der Waals surface area (Å²) in [5.74, 6) is 0. The second kappa shape index (κ2) is 3.44. The summed E-state index contributed by atoms with van der Waals surface area (Å²) < 4.78 is 4.94. The maximum Gasteiger partial charge on any atom is 0.127 e. The Morgan fingerprint density at radius 1 is 1.23 bits per heavy atom. The van der Waals surface area contributed by atoms with Crippen molar-refractivity contribution in [3.05, 3.63) is 42.2 Å². The third kappa shape index (κ3) is 1.47. The van der Waals surface area contributed by atoms with Crippen LogP contribution in [0, 0.1) is 0 Å². The Hall–Kier alpha value is -1.57. The first-order valence-corrected chi connectivity index (χ1v) is 4.40. The monoisotopic (exact) mass is 173 g/mol. The second-order valence-electron chi connectivity index (χ2n) is 2.91. The second-order valence-corrected chi connectivity index (χ2v) is 2.91. The molecule has 0 fully saturated rings. The highest BCUT2D eigenvalue weighted by atomic mass is 16.5. The number of rotatable bonds is 2. The van der Waals surface area contributed by atoms with Crippen LogP contribution in [0.15, 0.2) is 41.1 Å². The van der Waals surface area contributed by atoms with E-state index in [2.05, 4.69) is 12.1 Å². The zero-order chi connectivity index (χ0) is 9.10. The van der Waals surface area contributed by atoms with E-state index in [9.17, 15) is 0 Å². The smallest absolute Gasteiger partial charge is 0.127 e. The van der Waals surface area contributed by atoms with Crippen molar-refractivity contribution in [1.82, 2.24) is 5.16 Å². The van der Waals surface area contributed by atoms with Gasteiger partial charge in [-0.1, -0.05) is 42.4 Å². The average Bonchev–Trinajstić information content (AvgIpc) is 2.67. The van der Waals surface area contributed by atoms with Crippen molar-refractivity contribution < 1.29 is 4.52 Å². The lowest BCUT2D eigenvalue weighted by molar-refractivity contribution is 0.421. The Labute approximate surface area is 77.2 Å². The van der Waals surface area contributed by atoms with E-state index < -0.39 is 0 Å². The van der Waals surface area contributed by atoms with Gasteiger partial charge in [0.15, 0.2) is 0 Å². The molecular weight excluding hydrogens is 162 g/mol. The van der Waals surface area contributed by atoms with Crippen LogP contribution in [0.3, 0.4) is 0 Å². The van der Waals surface area contributed by atoms with Crippen molar-refractivity contribution in [1.29, 1.82) is 0 Å². The number of nitrogens with zero attached hydrogens (tertiary/aromatic N) is 1. The van der Waals surface area contributed by atoms with E-state index in [1.54, 1.807) is 6.26 Å². The number of aromatic nitrogens is 1. The fourth-order valence-electron chi connectivity index (χ4n) is 1.34. The Kier molecular flexibility index (Phi) is 2.13. The lowest BCUT2D eigenvalue weighted by Crippen LogP contribution is -1.82. The SMILES string of the molecule is CCc1conc1-c1ccccc1. The van der Waals surface area contributed by atoms with Crippen LogP contribution in [0.4, 0.5) is 0 Å². The molecule has 66 valence electrons. The fraction of sp³-hybridized carbons (Fsp3) is 0.182. The van der Waals surface area contributed by atoms with Crippen LogP contribution in [0.5, 0.6) is 0 Å². The maximum atomic E-state index is 4.94. The molecule has 0 aliphatic rings. The molecule has 0 saturated heterocycles. The van der Waals surface area contributed by atoms with Crippen molar-refractivity contribution in [2.24, 2.45) is 0 Å². The van der Waals surface area contributed by atoms with Crippen LogP contribution in [0.1, 0.15) is 12.5 Å². The molecule has 0 saturated carbocycles. The molecule has 2 heteroatoms. The predicted octanol–water partition coefficient (Wildman–Crippen LogP) is 2.90. The van der Waals surface area contributed by atoms with Gasteiger partial charge in [0.25, 0.3) is 0 Å². The summed E-state index contributed by atoms with van der Waals surface area (Å²) >= 11 is 0. The Bertz CT molecular complexity index is 378. The summed E-state index contributed by atoms with van der Waals surface area (Å²) in [5.41, 5.74) is 3.24. The quantitative estimate of drug-likeness (QED) is 0.697. The van der Waals surface area contributed by atoms with Gasteiger partial charge in [-0.2, -0.15) is 0 Å². The third-order valence-corrected chi connectivity index (χ3v) is 2.07. The molecule has 0 amide bonds. The standard InChI is InChI=1S/C11H11NO/c1-2-9-8-13-12-11(9)10-6-4-3-5-7-10/h3-8H,2H2,1H3. The minimum absolute atomic E-state index is 0.952. The number of benzene rings is 1. The summed E-state index contributed by atoms with van der Waals surface area (Å²) in [6.45, 7) is 2.10. The Balaban J connectivity index is 2.47. The molecule has 0 atom stereocenters. The maximum absolute atomic E-state index is 4.94. The van der Waals surface area contributed by atoms with E-state index >= 15 is 0 Å². The molecule has 1 heterocycles. The van der Waals surface area contributed by atoms with Crippen molar-refractivity contribution in [3.63, 3.8) is 0 Å². The van der Waals surface area contributed by atoms with Crippen LogP contribution in [0.2, 0.25) is 0 Å². The van der Waals surface area contributed by atoms with Gasteiger partial charge >= 0.3 is 0 Å². The highest BCUT2D eigenvalue weighted by molar-refractivity contribution is 5.61. The van der Waals surface area contributed by atoms with Gasteiger partial charge in [0, 0.05) is 11.1 Å². The van der Waals surface area contributed by atoms with Crippen LogP contribution >= 0.6 is 0 Å². The molecule has 0 spiro atoms. The van der Waals surface area contributed by atoms with Crippen LogP contribution in [-0.2, 0) is 6.42 Å². The lowest BCUT2D eigenvalue weighted by atomic mass is 10.1. The zero-order valence-corrected chi connectivity index (χ0v) is 7.53. The van der Waals surface area contributed by atoms with Crippen molar-refractivity contribution >= 4 is 0 Å². The molecule has 2 rings (SSSR count). The van der Waals surface area contributed by atoms with E-state index in [1.807, 2.05) is 30.3 Å². The summed E-state index contributed by atoms with van der Waals surface area (Å²) in [7, 11) is 0. The van der Waals surface area contributed by atoms with Gasteiger partial charge in [0.1, 0.15) is 12.0 Å². The van der Waals surface area contributed by atoms with E-state index in [0.29, 0.717) is 0 Å². The Morgan fingerprint density at radius 3 is 2.69 bits per heavy atom. The minimum Gasteiger partial charge on any atom is -0.364 e. The molecular formula is C11H11NO. The molecule has 2 nitrogen and oxygen atoms in total. The summed E-state index contributed by atoms with van der Waals surface area (Å²) in [6.07, 6.45) is 2.66. The Morgan fingerprint density at radius 2 is 2.00 bits per heavy atom. The molecule has 2 aromatic rings. The first-order chi connectivity index (χ1) is 6.42. The molecule has 0 bridgehead atoms. The van der Waals surface area contributed by atoms with Crippen LogP contribution < -0.4 is 0 Å². The van der Waals surface area contributed by atoms with Gasteiger partial charge in [0.05, 0.1) is 0 Å². The first kappa shape index (κ1) is 8.05. The van der Waals surface area contributed by atoms with Gasteiger partial charge < -0.3 is 4.52 Å². The summed E-state index contributed by atoms with van der Waals surface area (Å²) in [6, 6.07) is 10.1. The van der Waals surface area contributed by atoms with E-state index in [4.69, 9.17) is 4.52 Å². The van der Waals surface area contributed by atoms with E-state index in [1.165, 1.54) is 0 Å². The fourth-order valence-corrected chi connectivity index (χ4v) is 1.34. The molecule has 0 aliphatic carbocycles. The zero-order valence-electron chi connectivity index (χ0n) is 7.53. The van der Waals surface area contributed by atoms with Gasteiger partial charge in [-0.15, -0.1) is 0 Å². The normalized spacial score (nSPS) is 10.2. The van der Waals surface area contributed by atoms with E-state index in [-0.39, 0.29) is 0 Å². The molecule has 1 aromatic heterocycles. The summed E-state index contributed by atoms with van der Waals surface area (Å²) in [5, 5.41) is 3.98. The molecule has 0 unspecified atom stereocenters. The topological polar surface area (TPSA) is 26.0 Å². The molecule has 0 N–H and O–H groups in total. The highest BCUT2D eigenvalue weighted by Crippen LogP contribution is 2.21. The van der Waals surface area contributed by atoms with Crippen molar-refractivity contribution in [2.75, 3.05) is 0 Å². The molecule has 1 aromatic carbocycles. The van der Waals surface area contributed by atoms with Crippen LogP contribution in [-0.4, -0.2) is 5.16 Å². The predicted molar refractivity (Wildman–Crippen MR) is 51.3 cm³/mol. The summed E-state index contributed by atoms with van der Waals surface area (Å²) in [4.78, 5) is 0. The number of hydrogen-bond acceptors (Lipinski definition) is 2. The highest BCUT2D eigenvalue weighted by Gasteiger charge is 2.06. The van der Waals surface area contributed by atoms with Gasteiger partial charge in [-0.3, -0.25) is 0 Å². The van der Waals surface area contributed by atoms with Crippen LogP contribution in [0.25, 0.3) is 11.3 Å². The lowest BCUT2D eigenvalue weighted by Gasteiger charge is -1.96. The van der Waals surface area contributed by atoms with Gasteiger partial charge in [-0.25, -0.2) is 0 Å². The molecule has 13 heavy (non-hydrogen) atoms. The third-order valence-electron chi connectivity index (χ3n) is 2.07. The van der Waals surface area contributed by atoms with E-state index in [0.717, 1.165) is 23.2 Å². The molecule has 0 aliphatic heterocycles. The largest absolute Gasteiger partial charge is 0.364 e. The number of hydrogen-bond donors (Lipinski definition) is 0. The van der Waals surface area contributed by atoms with Crippen molar-refractivity contribution in [3.8, 4) is 11.3 Å².